The van der Waals surface area contributed by atoms with Crippen molar-refractivity contribution in [2.75, 3.05) is 0 Å². The van der Waals surface area contributed by atoms with E-state index in [2.05, 4.69) is 9.72 Å². The molecule has 1 aromatic carbocycles. The molecule has 204 valence electrons. The number of nitrogens with zero attached hydrogens (tertiary/aromatic N) is 3. The standard InChI is InChI=1S/C24H22F6N4O3S/c1-23(2,24(28,29)30)33-38(35,36)16-6-8-19(32-12-16)21-18(11-31)17-7-5-15(37-22(26)27)10-20(17)34(21)14-4-3-13(25)9-14/h5-8,10,12-14,22,33H,3-4,9H2,1-2H3. The number of nitriles is 1. The average molecular weight is 561 g/mol. The van der Waals surface area contributed by atoms with Crippen molar-refractivity contribution in [2.45, 2.75) is 68.5 Å². The van der Waals surface area contributed by atoms with Gasteiger partial charge in [0.05, 0.1) is 22.5 Å². The number of benzene rings is 1. The van der Waals surface area contributed by atoms with Gasteiger partial charge in [-0.05, 0) is 57.4 Å². The Bertz CT molecular complexity index is 1490. The van der Waals surface area contributed by atoms with Crippen molar-refractivity contribution in [3.05, 3.63) is 42.1 Å². The van der Waals surface area contributed by atoms with E-state index in [0.717, 1.165) is 12.3 Å². The molecule has 14 heteroatoms. The maximum absolute atomic E-state index is 14.2. The van der Waals surface area contributed by atoms with E-state index in [1.807, 2.05) is 6.07 Å². The quantitative estimate of drug-likeness (QED) is 0.365. The third-order valence-corrected chi connectivity index (χ3v) is 8.05. The summed E-state index contributed by atoms with van der Waals surface area (Å²) >= 11 is 0. The van der Waals surface area contributed by atoms with Crippen molar-refractivity contribution in [3.63, 3.8) is 0 Å². The second-order valence-electron chi connectivity index (χ2n) is 9.43. The lowest BCUT2D eigenvalue weighted by atomic mass is 10.1. The molecule has 2 atom stereocenters. The summed E-state index contributed by atoms with van der Waals surface area (Å²) in [4.78, 5) is 3.57. The number of halogens is 6. The summed E-state index contributed by atoms with van der Waals surface area (Å²) in [5, 5.41) is 10.3. The van der Waals surface area contributed by atoms with Gasteiger partial charge in [0.2, 0.25) is 10.0 Å². The van der Waals surface area contributed by atoms with Crippen LogP contribution in [-0.4, -0.2) is 42.5 Å². The van der Waals surface area contributed by atoms with Crippen LogP contribution in [0.1, 0.15) is 44.7 Å². The largest absolute Gasteiger partial charge is 0.435 e. The first-order chi connectivity index (χ1) is 17.6. The van der Waals surface area contributed by atoms with E-state index >= 15 is 0 Å². The first kappa shape index (κ1) is 27.7. The van der Waals surface area contributed by atoms with Gasteiger partial charge in [0.1, 0.15) is 28.4 Å². The van der Waals surface area contributed by atoms with Gasteiger partial charge in [-0.25, -0.2) is 12.8 Å². The minimum absolute atomic E-state index is 0.0878. The summed E-state index contributed by atoms with van der Waals surface area (Å²) in [5.41, 5.74) is -2.06. The zero-order valence-electron chi connectivity index (χ0n) is 20.1. The molecule has 1 saturated carbocycles. The molecule has 4 rings (SSSR count). The molecule has 7 nitrogen and oxygen atoms in total. The lowest BCUT2D eigenvalue weighted by Gasteiger charge is -2.28. The van der Waals surface area contributed by atoms with Crippen LogP contribution in [0.25, 0.3) is 22.3 Å². The average Bonchev–Trinajstić information content (AvgIpc) is 3.37. The highest BCUT2D eigenvalue weighted by molar-refractivity contribution is 7.89. The molecule has 1 aliphatic carbocycles. The monoisotopic (exact) mass is 560 g/mol. The fourth-order valence-corrected chi connectivity index (χ4v) is 5.83. The molecule has 0 aliphatic heterocycles. The van der Waals surface area contributed by atoms with Crippen molar-refractivity contribution in [1.29, 1.82) is 5.26 Å². The molecule has 0 radical (unpaired) electrons. The van der Waals surface area contributed by atoms with Gasteiger partial charge < -0.3 is 9.30 Å². The van der Waals surface area contributed by atoms with Crippen molar-refractivity contribution >= 4 is 20.9 Å². The van der Waals surface area contributed by atoms with Crippen molar-refractivity contribution in [1.82, 2.24) is 14.3 Å². The third-order valence-electron chi connectivity index (χ3n) is 6.41. The number of hydrogen-bond acceptors (Lipinski definition) is 5. The highest BCUT2D eigenvalue weighted by Gasteiger charge is 2.49. The summed E-state index contributed by atoms with van der Waals surface area (Å²) in [6.07, 6.45) is -4.43. The SMILES string of the molecule is CC(C)(NS(=O)(=O)c1ccc(-c2c(C#N)c3ccc(OC(F)F)cc3n2C2CCC(F)C2)nc1)C(F)(F)F. The molecule has 1 fully saturated rings. The number of sulfonamides is 1. The second-order valence-corrected chi connectivity index (χ2v) is 11.1. The number of aromatic nitrogens is 2. The van der Waals surface area contributed by atoms with Crippen LogP contribution in [0.3, 0.4) is 0 Å². The number of hydrogen-bond donors (Lipinski definition) is 1. The van der Waals surface area contributed by atoms with E-state index in [0.29, 0.717) is 31.2 Å². The van der Waals surface area contributed by atoms with Gasteiger partial charge in [-0.3, -0.25) is 4.98 Å². The summed E-state index contributed by atoms with van der Waals surface area (Å²) in [7, 11) is -4.63. The number of nitrogens with one attached hydrogen (secondary N) is 1. The van der Waals surface area contributed by atoms with Gasteiger partial charge in [-0.1, -0.05) is 0 Å². The van der Waals surface area contributed by atoms with Crippen LogP contribution in [0, 0.1) is 11.3 Å². The van der Waals surface area contributed by atoms with Crippen LogP contribution < -0.4 is 9.46 Å². The Morgan fingerprint density at radius 3 is 2.42 bits per heavy atom. The maximum atomic E-state index is 14.2. The predicted molar refractivity (Wildman–Crippen MR) is 125 cm³/mol. The molecule has 3 aromatic rings. The van der Waals surface area contributed by atoms with Crippen LogP contribution in [0.5, 0.6) is 5.75 Å². The van der Waals surface area contributed by atoms with Gasteiger partial charge in [-0.2, -0.15) is 31.9 Å². The Labute approximate surface area is 214 Å². The Kier molecular flexibility index (Phi) is 7.13. The lowest BCUT2D eigenvalue weighted by Crippen LogP contribution is -2.54. The van der Waals surface area contributed by atoms with Crippen LogP contribution in [0.15, 0.2) is 41.4 Å². The second kappa shape index (κ2) is 9.77. The zero-order chi connectivity index (χ0) is 28.0. The maximum Gasteiger partial charge on any atom is 0.407 e. The van der Waals surface area contributed by atoms with Gasteiger partial charge in [0.25, 0.3) is 0 Å². The smallest absolute Gasteiger partial charge is 0.407 e. The Morgan fingerprint density at radius 2 is 1.89 bits per heavy atom. The van der Waals surface area contributed by atoms with Crippen molar-refractivity contribution in [3.8, 4) is 23.2 Å². The summed E-state index contributed by atoms with van der Waals surface area (Å²) in [5.74, 6) is -0.176. The van der Waals surface area contributed by atoms with Crippen molar-refractivity contribution < 1.29 is 39.5 Å². The number of fused-ring (bicyclic) bond motifs is 1. The Morgan fingerprint density at radius 1 is 1.18 bits per heavy atom. The van der Waals surface area contributed by atoms with E-state index < -0.39 is 45.5 Å². The van der Waals surface area contributed by atoms with Crippen LogP contribution in [0.4, 0.5) is 26.3 Å². The Balaban J connectivity index is 1.84. The summed E-state index contributed by atoms with van der Waals surface area (Å²) in [6, 6.07) is 7.81. The fraction of sp³-hybridized carbons (Fsp3) is 0.417. The molecular weight excluding hydrogens is 538 g/mol. The highest BCUT2D eigenvalue weighted by Crippen LogP contribution is 2.42. The van der Waals surface area contributed by atoms with E-state index in [1.165, 1.54) is 24.3 Å². The van der Waals surface area contributed by atoms with E-state index in [9.17, 15) is 40.0 Å². The molecule has 2 aromatic heterocycles. The molecule has 0 spiro atoms. The molecule has 0 bridgehead atoms. The molecular formula is C24H22F6N4O3S. The van der Waals surface area contributed by atoms with Gasteiger partial charge >= 0.3 is 12.8 Å². The third kappa shape index (κ3) is 5.17. The molecule has 1 aliphatic rings. The summed E-state index contributed by atoms with van der Waals surface area (Å²) < 4.78 is 112. The number of rotatable bonds is 7. The lowest BCUT2D eigenvalue weighted by molar-refractivity contribution is -0.180. The van der Waals surface area contributed by atoms with Gasteiger partial charge in [0, 0.05) is 23.7 Å². The molecule has 1 N–H and O–H groups in total. The summed E-state index contributed by atoms with van der Waals surface area (Å²) in [6.45, 7) is -1.74. The molecule has 38 heavy (non-hydrogen) atoms. The normalized spacial score (nSPS) is 18.7. The minimum Gasteiger partial charge on any atom is -0.435 e. The van der Waals surface area contributed by atoms with E-state index in [-0.39, 0.29) is 35.5 Å². The van der Waals surface area contributed by atoms with E-state index in [4.69, 9.17) is 0 Å². The number of ether oxygens (including phenoxy) is 1. The number of alkyl halides is 6. The van der Waals surface area contributed by atoms with Crippen LogP contribution in [-0.2, 0) is 10.0 Å². The number of pyridine rings is 1. The van der Waals surface area contributed by atoms with Gasteiger partial charge in [-0.15, -0.1) is 0 Å². The highest BCUT2D eigenvalue weighted by atomic mass is 32.2. The van der Waals surface area contributed by atoms with Crippen LogP contribution >= 0.6 is 0 Å². The Hall–Kier alpha value is -3.31. The van der Waals surface area contributed by atoms with Gasteiger partial charge in [0.15, 0.2) is 0 Å². The molecule has 2 heterocycles. The minimum atomic E-state index is -4.86. The van der Waals surface area contributed by atoms with Crippen LogP contribution in [0.2, 0.25) is 0 Å². The first-order valence-corrected chi connectivity index (χ1v) is 12.9. The zero-order valence-corrected chi connectivity index (χ0v) is 20.9. The molecule has 0 saturated heterocycles. The fourth-order valence-electron chi connectivity index (χ4n) is 4.48. The topological polar surface area (TPSA) is 97.0 Å². The molecule has 0 amide bonds. The first-order valence-electron chi connectivity index (χ1n) is 11.4. The van der Waals surface area contributed by atoms with Crippen molar-refractivity contribution in [2.24, 2.45) is 0 Å². The van der Waals surface area contributed by atoms with E-state index in [1.54, 1.807) is 9.29 Å². The predicted octanol–water partition coefficient (Wildman–Crippen LogP) is 5.86. The molecule has 2 unspecified atom stereocenters.